The molecule has 0 bridgehead atoms. The third kappa shape index (κ3) is 1.64. The molecule has 1 heterocycles. The molecule has 0 aromatic carbocycles. The van der Waals surface area contributed by atoms with Crippen LogP contribution in [0.25, 0.3) is 0 Å². The van der Waals surface area contributed by atoms with E-state index in [1.807, 2.05) is 6.08 Å². The molecule has 3 saturated carbocycles. The highest BCUT2D eigenvalue weighted by Gasteiger charge is 2.83. The number of hydrogen-bond donors (Lipinski definition) is 1. The molecule has 4 fully saturated rings. The Balaban J connectivity index is 1.55. The fourth-order valence-corrected chi connectivity index (χ4v) is 6.64. The minimum Gasteiger partial charge on any atom is -0.388 e. The molecular weight excluding hydrogens is 320 g/mol. The maximum Gasteiger partial charge on any atom is 0.192 e. The largest absolute Gasteiger partial charge is 0.388 e. The number of fused-ring (bicyclic) bond motifs is 4. The van der Waals surface area contributed by atoms with Crippen LogP contribution in [0.1, 0.15) is 39.0 Å². The van der Waals surface area contributed by atoms with Gasteiger partial charge in [-0.2, -0.15) is 0 Å². The number of ketones is 3. The van der Waals surface area contributed by atoms with Crippen molar-refractivity contribution in [1.29, 1.82) is 0 Å². The Morgan fingerprint density at radius 3 is 2.92 bits per heavy atom. The Hall–Kier alpha value is -1.59. The monoisotopic (exact) mass is 342 g/mol. The van der Waals surface area contributed by atoms with Gasteiger partial charge >= 0.3 is 0 Å². The first-order valence-electron chi connectivity index (χ1n) is 9.19. The van der Waals surface area contributed by atoms with Gasteiger partial charge in [-0.25, -0.2) is 0 Å². The molecule has 0 aromatic rings. The van der Waals surface area contributed by atoms with Gasteiger partial charge in [0.15, 0.2) is 17.2 Å². The van der Waals surface area contributed by atoms with E-state index in [9.17, 15) is 19.5 Å². The average molecular weight is 342 g/mol. The molecule has 4 aliphatic carbocycles. The predicted molar refractivity (Wildman–Crippen MR) is 87.5 cm³/mol. The molecule has 0 amide bonds. The lowest BCUT2D eigenvalue weighted by molar-refractivity contribution is -0.138. The maximum atomic E-state index is 13.2. The summed E-state index contributed by atoms with van der Waals surface area (Å²) in [5.41, 5.74) is -0.909. The molecule has 1 spiro atoms. The van der Waals surface area contributed by atoms with E-state index in [0.717, 1.165) is 24.8 Å². The zero-order valence-corrected chi connectivity index (χ0v) is 14.3. The van der Waals surface area contributed by atoms with Gasteiger partial charge in [-0.05, 0) is 49.7 Å². The van der Waals surface area contributed by atoms with Gasteiger partial charge in [-0.1, -0.05) is 18.6 Å². The minimum absolute atomic E-state index is 0.00426. The molecule has 25 heavy (non-hydrogen) atoms. The van der Waals surface area contributed by atoms with Crippen molar-refractivity contribution in [2.24, 2.45) is 23.2 Å². The molecule has 5 aliphatic rings. The molecule has 6 atom stereocenters. The van der Waals surface area contributed by atoms with Gasteiger partial charge < -0.3 is 9.84 Å². The molecule has 0 aromatic heterocycles. The summed E-state index contributed by atoms with van der Waals surface area (Å²) >= 11 is 0. The van der Waals surface area contributed by atoms with E-state index in [-0.39, 0.29) is 41.5 Å². The quantitative estimate of drug-likeness (QED) is 0.770. The van der Waals surface area contributed by atoms with Gasteiger partial charge in [0.25, 0.3) is 0 Å². The predicted octanol–water partition coefficient (Wildman–Crippen LogP) is 1.54. The smallest absolute Gasteiger partial charge is 0.192 e. The SMILES string of the molecule is CC12C=CC(=O)C=C1CCC1C2C(=O)CC23OC2(C(=O)CO)CCC13. The Morgan fingerprint density at radius 2 is 2.16 bits per heavy atom. The number of allylic oxidation sites excluding steroid dienone is 4. The molecule has 5 heteroatoms. The standard InChI is InChI=1S/C20H22O5/c1-18-6-4-12(22)8-11(18)2-3-13-14-5-7-19(16(24)10-21)20(14,25-19)9-15(23)17(13)18/h4,6,8,13-14,17,21H,2-3,5,7,9-10H2,1H3. The highest BCUT2D eigenvalue weighted by Crippen LogP contribution is 2.72. The van der Waals surface area contributed by atoms with Crippen LogP contribution in [0.3, 0.4) is 0 Å². The van der Waals surface area contributed by atoms with Crippen LogP contribution in [-0.2, 0) is 19.1 Å². The van der Waals surface area contributed by atoms with E-state index in [1.54, 1.807) is 12.2 Å². The Bertz CT molecular complexity index is 779. The molecular formula is C20H22O5. The van der Waals surface area contributed by atoms with E-state index < -0.39 is 23.2 Å². The van der Waals surface area contributed by atoms with Crippen molar-refractivity contribution in [2.75, 3.05) is 6.61 Å². The molecule has 1 N–H and O–H groups in total. The summed E-state index contributed by atoms with van der Waals surface area (Å²) in [6.07, 6.45) is 8.63. The summed E-state index contributed by atoms with van der Waals surface area (Å²) in [6, 6.07) is 0. The van der Waals surface area contributed by atoms with Crippen LogP contribution >= 0.6 is 0 Å². The minimum atomic E-state index is -0.914. The molecule has 1 aliphatic heterocycles. The molecule has 1 saturated heterocycles. The molecule has 132 valence electrons. The third-order valence-corrected chi connectivity index (χ3v) is 7.72. The van der Waals surface area contributed by atoms with Crippen LogP contribution in [0.5, 0.6) is 0 Å². The number of aliphatic hydroxyl groups is 1. The van der Waals surface area contributed by atoms with E-state index in [1.165, 1.54) is 0 Å². The summed E-state index contributed by atoms with van der Waals surface area (Å²) in [7, 11) is 0. The normalized spacial score (nSPS) is 49.7. The lowest BCUT2D eigenvalue weighted by Crippen LogP contribution is -2.54. The maximum absolute atomic E-state index is 13.2. The molecule has 5 rings (SSSR count). The fraction of sp³-hybridized carbons (Fsp3) is 0.650. The van der Waals surface area contributed by atoms with Crippen LogP contribution in [0.15, 0.2) is 23.8 Å². The number of aliphatic hydroxyl groups excluding tert-OH is 1. The lowest BCUT2D eigenvalue weighted by atomic mass is 9.50. The zero-order valence-electron chi connectivity index (χ0n) is 14.3. The molecule has 5 nitrogen and oxygen atoms in total. The van der Waals surface area contributed by atoms with E-state index in [2.05, 4.69) is 6.92 Å². The van der Waals surface area contributed by atoms with Gasteiger partial charge in [-0.3, -0.25) is 14.4 Å². The zero-order chi connectivity index (χ0) is 17.6. The van der Waals surface area contributed by atoms with E-state index in [0.29, 0.717) is 6.42 Å². The number of hydrogen-bond acceptors (Lipinski definition) is 5. The van der Waals surface area contributed by atoms with Crippen molar-refractivity contribution in [3.63, 3.8) is 0 Å². The van der Waals surface area contributed by atoms with Crippen LogP contribution in [-0.4, -0.2) is 40.3 Å². The van der Waals surface area contributed by atoms with Crippen molar-refractivity contribution in [2.45, 2.75) is 50.2 Å². The van der Waals surface area contributed by atoms with Gasteiger partial charge in [0.1, 0.15) is 18.0 Å². The second-order valence-electron chi connectivity index (χ2n) is 8.56. The molecule has 6 unspecified atom stereocenters. The summed E-state index contributed by atoms with van der Waals surface area (Å²) in [4.78, 5) is 37.2. The second-order valence-corrected chi connectivity index (χ2v) is 8.56. The first kappa shape index (κ1) is 15.6. The van der Waals surface area contributed by atoms with Crippen LogP contribution in [0.4, 0.5) is 0 Å². The Labute approximate surface area is 146 Å². The fourth-order valence-electron chi connectivity index (χ4n) is 6.64. The van der Waals surface area contributed by atoms with Crippen molar-refractivity contribution in [3.05, 3.63) is 23.8 Å². The van der Waals surface area contributed by atoms with Crippen LogP contribution < -0.4 is 0 Å². The highest BCUT2D eigenvalue weighted by molar-refractivity contribution is 6.02. The highest BCUT2D eigenvalue weighted by atomic mass is 16.6. The number of ether oxygens (including phenoxy) is 1. The number of carbonyl (C=O) groups excluding carboxylic acids is 3. The lowest BCUT2D eigenvalue weighted by Gasteiger charge is -2.52. The topological polar surface area (TPSA) is 84.0 Å². The molecule has 0 radical (unpaired) electrons. The Kier molecular flexibility index (Phi) is 2.86. The first-order valence-corrected chi connectivity index (χ1v) is 9.19. The number of Topliss-reactive ketones (excluding diaryl/α,β-unsaturated/α-hetero) is 2. The van der Waals surface area contributed by atoms with Gasteiger partial charge in [-0.15, -0.1) is 0 Å². The third-order valence-electron chi connectivity index (χ3n) is 7.72. The van der Waals surface area contributed by atoms with Crippen molar-refractivity contribution < 1.29 is 24.2 Å². The van der Waals surface area contributed by atoms with Crippen LogP contribution in [0, 0.1) is 23.2 Å². The summed E-state index contributed by atoms with van der Waals surface area (Å²) < 4.78 is 5.97. The number of epoxide rings is 1. The van der Waals surface area contributed by atoms with Crippen molar-refractivity contribution >= 4 is 17.3 Å². The van der Waals surface area contributed by atoms with E-state index >= 15 is 0 Å². The summed E-state index contributed by atoms with van der Waals surface area (Å²) in [6.45, 7) is 1.55. The van der Waals surface area contributed by atoms with E-state index in [4.69, 9.17) is 4.74 Å². The summed E-state index contributed by atoms with van der Waals surface area (Å²) in [5.74, 6) is 0.100. The summed E-state index contributed by atoms with van der Waals surface area (Å²) in [5, 5.41) is 9.33. The Morgan fingerprint density at radius 1 is 1.36 bits per heavy atom. The van der Waals surface area contributed by atoms with Gasteiger partial charge in [0, 0.05) is 17.8 Å². The van der Waals surface area contributed by atoms with Crippen molar-refractivity contribution in [3.8, 4) is 0 Å². The van der Waals surface area contributed by atoms with Gasteiger partial charge in [0.2, 0.25) is 0 Å². The first-order chi connectivity index (χ1) is 11.9. The second kappa shape index (κ2) is 4.57. The van der Waals surface area contributed by atoms with Crippen LogP contribution in [0.2, 0.25) is 0 Å². The average Bonchev–Trinajstić information content (AvgIpc) is 3.11. The van der Waals surface area contributed by atoms with Gasteiger partial charge in [0.05, 0.1) is 0 Å². The van der Waals surface area contributed by atoms with Crippen molar-refractivity contribution in [1.82, 2.24) is 0 Å². The number of rotatable bonds is 2. The number of carbonyl (C=O) groups is 3.